The Kier molecular flexibility index (Phi) is 4.49. The molecule has 5 nitrogen and oxygen atoms in total. The van der Waals surface area contributed by atoms with Gasteiger partial charge in [0.2, 0.25) is 0 Å². The fourth-order valence-electron chi connectivity index (χ4n) is 1.43. The van der Waals surface area contributed by atoms with Gasteiger partial charge in [0.05, 0.1) is 12.4 Å². The van der Waals surface area contributed by atoms with Crippen LogP contribution in [0.5, 0.6) is 0 Å². The van der Waals surface area contributed by atoms with E-state index in [-0.39, 0.29) is 5.69 Å². The summed E-state index contributed by atoms with van der Waals surface area (Å²) < 4.78 is 0. The van der Waals surface area contributed by atoms with Gasteiger partial charge in [-0.25, -0.2) is 9.78 Å². The number of aromatic carboxylic acids is 1. The SMILES string of the molecule is O=C(O)c1cncc(NCC2CSCCS2)n1. The van der Waals surface area contributed by atoms with Crippen LogP contribution in [0.3, 0.4) is 0 Å². The number of aromatic nitrogens is 2. The summed E-state index contributed by atoms with van der Waals surface area (Å²) >= 11 is 3.90. The van der Waals surface area contributed by atoms with E-state index in [0.29, 0.717) is 11.1 Å². The highest BCUT2D eigenvalue weighted by Gasteiger charge is 2.14. The summed E-state index contributed by atoms with van der Waals surface area (Å²) in [6.45, 7) is 0.801. The Morgan fingerprint density at radius 2 is 2.41 bits per heavy atom. The quantitative estimate of drug-likeness (QED) is 0.858. The Bertz CT molecular complexity index is 397. The van der Waals surface area contributed by atoms with Gasteiger partial charge in [-0.15, -0.1) is 0 Å². The van der Waals surface area contributed by atoms with Crippen LogP contribution in [0.1, 0.15) is 10.5 Å². The van der Waals surface area contributed by atoms with Gasteiger partial charge < -0.3 is 10.4 Å². The van der Waals surface area contributed by atoms with E-state index >= 15 is 0 Å². The standard InChI is InChI=1S/C10H13N3O2S2/c14-10(15)8-4-11-5-9(13-8)12-3-7-6-16-1-2-17-7/h4-5,7H,1-3,6H2,(H,12,13)(H,14,15). The second-order valence-electron chi connectivity index (χ2n) is 3.54. The minimum atomic E-state index is -1.05. The summed E-state index contributed by atoms with van der Waals surface area (Å²) in [5, 5.41) is 12.5. The van der Waals surface area contributed by atoms with Crippen LogP contribution in [-0.2, 0) is 0 Å². The molecule has 1 saturated heterocycles. The van der Waals surface area contributed by atoms with E-state index in [1.165, 1.54) is 17.7 Å². The molecule has 1 aromatic rings. The lowest BCUT2D eigenvalue weighted by molar-refractivity contribution is 0.0690. The van der Waals surface area contributed by atoms with Crippen LogP contribution < -0.4 is 5.32 Å². The smallest absolute Gasteiger partial charge is 0.356 e. The van der Waals surface area contributed by atoms with E-state index in [1.807, 2.05) is 23.5 Å². The zero-order chi connectivity index (χ0) is 12.1. The van der Waals surface area contributed by atoms with E-state index in [9.17, 15) is 4.79 Å². The van der Waals surface area contributed by atoms with Crippen molar-refractivity contribution in [3.05, 3.63) is 18.1 Å². The van der Waals surface area contributed by atoms with Crippen molar-refractivity contribution in [2.24, 2.45) is 0 Å². The van der Waals surface area contributed by atoms with Crippen LogP contribution in [0.4, 0.5) is 5.82 Å². The number of nitrogens with one attached hydrogen (secondary N) is 1. The van der Waals surface area contributed by atoms with Gasteiger partial charge in [0.25, 0.3) is 0 Å². The molecule has 17 heavy (non-hydrogen) atoms. The van der Waals surface area contributed by atoms with E-state index in [0.717, 1.165) is 12.3 Å². The summed E-state index contributed by atoms with van der Waals surface area (Å²) in [5.74, 6) is 3.00. The number of carboxylic acid groups (broad SMARTS) is 1. The highest BCUT2D eigenvalue weighted by Crippen LogP contribution is 2.23. The lowest BCUT2D eigenvalue weighted by atomic mass is 10.4. The molecule has 1 atom stereocenters. The van der Waals surface area contributed by atoms with E-state index in [4.69, 9.17) is 5.11 Å². The average Bonchev–Trinajstić information content (AvgIpc) is 2.38. The van der Waals surface area contributed by atoms with Crippen LogP contribution in [-0.4, -0.2) is 50.1 Å². The van der Waals surface area contributed by atoms with Crippen molar-refractivity contribution in [3.8, 4) is 0 Å². The number of thioether (sulfide) groups is 2. The van der Waals surface area contributed by atoms with E-state index in [1.54, 1.807) is 6.20 Å². The number of nitrogens with zero attached hydrogens (tertiary/aromatic N) is 2. The van der Waals surface area contributed by atoms with Gasteiger partial charge in [0.1, 0.15) is 5.82 Å². The molecule has 1 aromatic heterocycles. The maximum atomic E-state index is 10.7. The van der Waals surface area contributed by atoms with Gasteiger partial charge in [-0.1, -0.05) is 0 Å². The van der Waals surface area contributed by atoms with Crippen molar-refractivity contribution in [2.75, 3.05) is 29.1 Å². The van der Waals surface area contributed by atoms with Crippen molar-refractivity contribution in [3.63, 3.8) is 0 Å². The topological polar surface area (TPSA) is 75.1 Å². The number of rotatable bonds is 4. The molecule has 1 unspecified atom stereocenters. The first-order chi connectivity index (χ1) is 8.25. The monoisotopic (exact) mass is 271 g/mol. The van der Waals surface area contributed by atoms with E-state index in [2.05, 4.69) is 15.3 Å². The molecule has 92 valence electrons. The van der Waals surface area contributed by atoms with Crippen LogP contribution in [0.2, 0.25) is 0 Å². The largest absolute Gasteiger partial charge is 0.476 e. The molecular formula is C10H13N3O2S2. The van der Waals surface area contributed by atoms with Gasteiger partial charge in [0, 0.05) is 29.1 Å². The summed E-state index contributed by atoms with van der Waals surface area (Å²) in [4.78, 5) is 18.5. The Hall–Kier alpha value is -0.950. The first kappa shape index (κ1) is 12.5. The van der Waals surface area contributed by atoms with Crippen molar-refractivity contribution < 1.29 is 9.90 Å². The summed E-state index contributed by atoms with van der Waals surface area (Å²) in [6, 6.07) is 0. The maximum Gasteiger partial charge on any atom is 0.356 e. The molecular weight excluding hydrogens is 258 g/mol. The van der Waals surface area contributed by atoms with Crippen LogP contribution >= 0.6 is 23.5 Å². The van der Waals surface area contributed by atoms with E-state index < -0.39 is 5.97 Å². The highest BCUT2D eigenvalue weighted by molar-refractivity contribution is 8.06. The second-order valence-corrected chi connectivity index (χ2v) is 6.10. The van der Waals surface area contributed by atoms with Crippen LogP contribution in [0.15, 0.2) is 12.4 Å². The Morgan fingerprint density at radius 3 is 3.12 bits per heavy atom. The van der Waals surface area contributed by atoms with Gasteiger partial charge in [-0.2, -0.15) is 23.5 Å². The minimum Gasteiger partial charge on any atom is -0.476 e. The number of carbonyl (C=O) groups is 1. The number of hydrogen-bond acceptors (Lipinski definition) is 6. The molecule has 0 amide bonds. The zero-order valence-electron chi connectivity index (χ0n) is 9.13. The molecule has 7 heteroatoms. The Balaban J connectivity index is 1.89. The molecule has 1 fully saturated rings. The lowest BCUT2D eigenvalue weighted by Crippen LogP contribution is -2.23. The fraction of sp³-hybridized carbons (Fsp3) is 0.500. The third-order valence-electron chi connectivity index (χ3n) is 2.25. The molecule has 0 spiro atoms. The normalized spacial score (nSPS) is 19.9. The number of anilines is 1. The molecule has 0 radical (unpaired) electrons. The molecule has 2 heterocycles. The maximum absolute atomic E-state index is 10.7. The summed E-state index contributed by atoms with van der Waals surface area (Å²) in [5.41, 5.74) is -0.0272. The Morgan fingerprint density at radius 1 is 1.53 bits per heavy atom. The minimum absolute atomic E-state index is 0.0272. The average molecular weight is 271 g/mol. The molecule has 0 aliphatic carbocycles. The van der Waals surface area contributed by atoms with Crippen LogP contribution in [0.25, 0.3) is 0 Å². The third-order valence-corrected chi connectivity index (χ3v) is 5.09. The molecule has 2 rings (SSSR count). The third kappa shape index (κ3) is 3.78. The zero-order valence-corrected chi connectivity index (χ0v) is 10.8. The number of hydrogen-bond donors (Lipinski definition) is 2. The molecule has 0 saturated carbocycles. The van der Waals surface area contributed by atoms with Crippen molar-refractivity contribution in [1.82, 2.24) is 9.97 Å². The molecule has 2 N–H and O–H groups in total. The summed E-state index contributed by atoms with van der Waals surface area (Å²) in [7, 11) is 0. The van der Waals surface area contributed by atoms with Crippen molar-refractivity contribution in [2.45, 2.75) is 5.25 Å². The van der Waals surface area contributed by atoms with Crippen molar-refractivity contribution in [1.29, 1.82) is 0 Å². The molecule has 0 aromatic carbocycles. The first-order valence-corrected chi connectivity index (χ1v) is 7.44. The van der Waals surface area contributed by atoms with Gasteiger partial charge in [-0.05, 0) is 0 Å². The van der Waals surface area contributed by atoms with Gasteiger partial charge in [0.15, 0.2) is 5.69 Å². The molecule has 1 aliphatic heterocycles. The molecule has 0 bridgehead atoms. The predicted octanol–water partition coefficient (Wildman–Crippen LogP) is 1.44. The molecule has 1 aliphatic rings. The Labute approximate surface area is 108 Å². The highest BCUT2D eigenvalue weighted by atomic mass is 32.2. The van der Waals surface area contributed by atoms with Crippen molar-refractivity contribution >= 4 is 35.3 Å². The fourth-order valence-corrected chi connectivity index (χ4v) is 4.04. The summed E-state index contributed by atoms with van der Waals surface area (Å²) in [6.07, 6.45) is 2.80. The van der Waals surface area contributed by atoms with Crippen LogP contribution in [0, 0.1) is 0 Å². The van der Waals surface area contributed by atoms with Gasteiger partial charge >= 0.3 is 5.97 Å². The number of carboxylic acids is 1. The predicted molar refractivity (Wildman–Crippen MR) is 71.1 cm³/mol. The van der Waals surface area contributed by atoms with Gasteiger partial charge in [-0.3, -0.25) is 4.98 Å². The lowest BCUT2D eigenvalue weighted by Gasteiger charge is -2.21. The first-order valence-electron chi connectivity index (χ1n) is 5.24. The second kappa shape index (κ2) is 6.11.